The maximum absolute atomic E-state index is 12.1. The van der Waals surface area contributed by atoms with Gasteiger partial charge in [0.25, 0.3) is 0 Å². The van der Waals surface area contributed by atoms with Gasteiger partial charge in [-0.15, -0.1) is 0 Å². The predicted octanol–water partition coefficient (Wildman–Crippen LogP) is 5.96. The highest BCUT2D eigenvalue weighted by atomic mass is 16.6. The maximum atomic E-state index is 12.1. The van der Waals surface area contributed by atoms with E-state index in [1.165, 1.54) is 4.90 Å². The first-order chi connectivity index (χ1) is 12.2. The molecule has 0 spiro atoms. The van der Waals surface area contributed by atoms with Crippen molar-refractivity contribution in [1.29, 1.82) is 0 Å². The van der Waals surface area contributed by atoms with Gasteiger partial charge in [-0.05, 0) is 63.1 Å². The van der Waals surface area contributed by atoms with E-state index in [4.69, 9.17) is 4.74 Å². The Morgan fingerprint density at radius 1 is 1.04 bits per heavy atom. The minimum absolute atomic E-state index is 0.363. The molecule has 4 heteroatoms. The monoisotopic (exact) mass is 354 g/mol. The summed E-state index contributed by atoms with van der Waals surface area (Å²) < 4.78 is 5.37. The first-order valence-corrected chi connectivity index (χ1v) is 8.92. The number of hydrogen-bond acceptors (Lipinski definition) is 3. The topological polar surface area (TPSA) is 42.4 Å². The molecule has 0 fully saturated rings. The van der Waals surface area contributed by atoms with Crippen LogP contribution in [-0.2, 0) is 4.74 Å². The molecule has 0 aliphatic heterocycles. The van der Waals surface area contributed by atoms with E-state index in [0.717, 1.165) is 22.5 Å². The molecule has 0 saturated carbocycles. The Bertz CT molecular complexity index is 729. The molecule has 1 heterocycles. The number of carbonyl (C=O) groups excluding carboxylic acids is 1. The normalized spacial score (nSPS) is 10.9. The number of ether oxygens (including phenoxy) is 1. The van der Waals surface area contributed by atoms with Crippen LogP contribution in [-0.4, -0.2) is 23.7 Å². The molecule has 0 atom stereocenters. The van der Waals surface area contributed by atoms with Crippen molar-refractivity contribution in [2.75, 3.05) is 11.9 Å². The minimum atomic E-state index is -0.503. The van der Waals surface area contributed by atoms with E-state index in [1.807, 2.05) is 90.1 Å². The summed E-state index contributed by atoms with van der Waals surface area (Å²) >= 11 is 0. The minimum Gasteiger partial charge on any atom is -0.443 e. The molecule has 0 aliphatic rings. The third kappa shape index (κ3) is 7.09. The Kier molecular flexibility index (Phi) is 8.04. The molecule has 0 aliphatic carbocycles. The summed E-state index contributed by atoms with van der Waals surface area (Å²) in [6, 6.07) is 11.7. The molecule has 4 nitrogen and oxygen atoms in total. The smallest absolute Gasteiger partial charge is 0.414 e. The molecule has 0 unspecified atom stereocenters. The van der Waals surface area contributed by atoms with Gasteiger partial charge in [-0.3, -0.25) is 9.88 Å². The molecule has 0 N–H and O–H groups in total. The van der Waals surface area contributed by atoms with Crippen LogP contribution >= 0.6 is 0 Å². The highest BCUT2D eigenvalue weighted by molar-refractivity contribution is 5.87. The van der Waals surface area contributed by atoms with Crippen LogP contribution in [0.1, 0.15) is 51.4 Å². The standard InChI is InChI=1S/C20H24N2O2.C2H6/c1-15-14-17(12-13-21-15)7-6-16-8-10-18(11-9-16)22(5)19(23)24-20(2,3)4;1-2/h6-14H,1-5H3;1-2H3/b7-6+;. The lowest BCUT2D eigenvalue weighted by Gasteiger charge is -2.24. The van der Waals surface area contributed by atoms with Crippen LogP contribution in [0.5, 0.6) is 0 Å². The summed E-state index contributed by atoms with van der Waals surface area (Å²) in [4.78, 5) is 17.8. The van der Waals surface area contributed by atoms with Crippen molar-refractivity contribution in [3.8, 4) is 0 Å². The van der Waals surface area contributed by atoms with E-state index in [1.54, 1.807) is 13.2 Å². The Labute approximate surface area is 157 Å². The number of aryl methyl sites for hydroxylation is 1. The largest absolute Gasteiger partial charge is 0.443 e. The van der Waals surface area contributed by atoms with Crippen molar-refractivity contribution in [2.45, 2.75) is 47.1 Å². The first-order valence-electron chi connectivity index (χ1n) is 8.92. The lowest BCUT2D eigenvalue weighted by Crippen LogP contribution is -2.34. The van der Waals surface area contributed by atoms with Crippen LogP contribution in [0.4, 0.5) is 10.5 Å². The van der Waals surface area contributed by atoms with Crippen molar-refractivity contribution in [1.82, 2.24) is 4.98 Å². The van der Waals surface area contributed by atoms with Gasteiger partial charge in [-0.25, -0.2) is 4.79 Å². The molecule has 0 saturated heterocycles. The molecule has 2 rings (SSSR count). The summed E-state index contributed by atoms with van der Waals surface area (Å²) in [7, 11) is 1.71. The van der Waals surface area contributed by atoms with Gasteiger partial charge in [-0.2, -0.15) is 0 Å². The highest BCUT2D eigenvalue weighted by Crippen LogP contribution is 2.18. The molecular formula is C22H30N2O2. The summed E-state index contributed by atoms with van der Waals surface area (Å²) in [5.41, 5.74) is 3.45. The number of amides is 1. The quantitative estimate of drug-likeness (QED) is 0.683. The third-order valence-corrected chi connectivity index (χ3v) is 3.34. The molecule has 0 bridgehead atoms. The number of pyridine rings is 1. The van der Waals surface area contributed by atoms with Crippen molar-refractivity contribution in [3.63, 3.8) is 0 Å². The van der Waals surface area contributed by atoms with Crippen LogP contribution in [0.15, 0.2) is 42.6 Å². The summed E-state index contributed by atoms with van der Waals surface area (Å²) in [6.45, 7) is 11.5. The van der Waals surface area contributed by atoms with Crippen molar-refractivity contribution in [3.05, 3.63) is 59.4 Å². The van der Waals surface area contributed by atoms with Crippen LogP contribution in [0, 0.1) is 6.92 Å². The molecule has 1 amide bonds. The van der Waals surface area contributed by atoms with E-state index in [-0.39, 0.29) is 6.09 Å². The number of rotatable bonds is 3. The molecular weight excluding hydrogens is 324 g/mol. The van der Waals surface area contributed by atoms with E-state index >= 15 is 0 Å². The fourth-order valence-corrected chi connectivity index (χ4v) is 2.11. The van der Waals surface area contributed by atoms with E-state index < -0.39 is 5.60 Å². The summed E-state index contributed by atoms with van der Waals surface area (Å²) in [6.07, 6.45) is 5.51. The van der Waals surface area contributed by atoms with Crippen LogP contribution in [0.3, 0.4) is 0 Å². The molecule has 1 aromatic heterocycles. The van der Waals surface area contributed by atoms with Gasteiger partial charge in [0.15, 0.2) is 0 Å². The van der Waals surface area contributed by atoms with E-state index in [0.29, 0.717) is 0 Å². The second-order valence-electron chi connectivity index (χ2n) is 6.69. The van der Waals surface area contributed by atoms with Gasteiger partial charge in [0, 0.05) is 24.6 Å². The zero-order valence-electron chi connectivity index (χ0n) is 16.9. The predicted molar refractivity (Wildman–Crippen MR) is 110 cm³/mol. The van der Waals surface area contributed by atoms with Gasteiger partial charge in [-0.1, -0.05) is 38.1 Å². The fraction of sp³-hybridized carbons (Fsp3) is 0.364. The average molecular weight is 354 g/mol. The molecule has 2 aromatic rings. The number of hydrogen-bond donors (Lipinski definition) is 0. The van der Waals surface area contributed by atoms with Gasteiger partial charge in [0.05, 0.1) is 0 Å². The first kappa shape index (κ1) is 21.4. The Morgan fingerprint density at radius 3 is 2.15 bits per heavy atom. The lowest BCUT2D eigenvalue weighted by molar-refractivity contribution is 0.0589. The number of carbonyl (C=O) groups is 1. The Morgan fingerprint density at radius 2 is 1.62 bits per heavy atom. The SMILES string of the molecule is CC.Cc1cc(/C=C/c2ccc(N(C)C(=O)OC(C)(C)C)cc2)ccn1. The molecule has 0 radical (unpaired) electrons. The lowest BCUT2D eigenvalue weighted by atomic mass is 10.1. The molecule has 140 valence electrons. The van der Waals surface area contributed by atoms with Crippen LogP contribution in [0.2, 0.25) is 0 Å². The number of nitrogens with zero attached hydrogens (tertiary/aromatic N) is 2. The maximum Gasteiger partial charge on any atom is 0.414 e. The van der Waals surface area contributed by atoms with Crippen LogP contribution in [0.25, 0.3) is 12.2 Å². The van der Waals surface area contributed by atoms with Crippen molar-refractivity contribution >= 4 is 23.9 Å². The van der Waals surface area contributed by atoms with Gasteiger partial charge in [0.2, 0.25) is 0 Å². The van der Waals surface area contributed by atoms with Crippen molar-refractivity contribution in [2.24, 2.45) is 0 Å². The summed E-state index contributed by atoms with van der Waals surface area (Å²) in [5, 5.41) is 0. The summed E-state index contributed by atoms with van der Waals surface area (Å²) in [5.74, 6) is 0. The van der Waals surface area contributed by atoms with Gasteiger partial charge >= 0.3 is 6.09 Å². The number of anilines is 1. The highest BCUT2D eigenvalue weighted by Gasteiger charge is 2.20. The molecule has 1 aromatic carbocycles. The third-order valence-electron chi connectivity index (χ3n) is 3.34. The van der Waals surface area contributed by atoms with E-state index in [2.05, 4.69) is 4.98 Å². The average Bonchev–Trinajstić information content (AvgIpc) is 2.60. The zero-order valence-corrected chi connectivity index (χ0v) is 16.9. The second kappa shape index (κ2) is 9.76. The number of benzene rings is 1. The van der Waals surface area contributed by atoms with Crippen molar-refractivity contribution < 1.29 is 9.53 Å². The Hall–Kier alpha value is -2.62. The zero-order chi connectivity index (χ0) is 19.7. The number of aromatic nitrogens is 1. The molecule has 26 heavy (non-hydrogen) atoms. The Balaban J connectivity index is 0.00000163. The van der Waals surface area contributed by atoms with Gasteiger partial charge < -0.3 is 4.74 Å². The fourth-order valence-electron chi connectivity index (χ4n) is 2.11. The van der Waals surface area contributed by atoms with E-state index in [9.17, 15) is 4.79 Å². The second-order valence-corrected chi connectivity index (χ2v) is 6.69. The van der Waals surface area contributed by atoms with Gasteiger partial charge in [0.1, 0.15) is 5.60 Å². The van der Waals surface area contributed by atoms with Crippen LogP contribution < -0.4 is 4.90 Å².